The number of primary amides is 1. The van der Waals surface area contributed by atoms with Crippen LogP contribution in [0.3, 0.4) is 0 Å². The maximum absolute atomic E-state index is 14.6. The van der Waals surface area contributed by atoms with Gasteiger partial charge in [-0.25, -0.2) is 5.26 Å². The summed E-state index contributed by atoms with van der Waals surface area (Å²) in [5.41, 5.74) is 11.9. The van der Waals surface area contributed by atoms with E-state index >= 15 is 0 Å². The Morgan fingerprint density at radius 2 is 1.17 bits per heavy atom. The predicted octanol–water partition coefficient (Wildman–Crippen LogP) is 5.30. The van der Waals surface area contributed by atoms with Crippen molar-refractivity contribution in [3.05, 3.63) is 155 Å². The highest BCUT2D eigenvalue weighted by Crippen LogP contribution is 2.49. The van der Waals surface area contributed by atoms with Crippen molar-refractivity contribution in [3.8, 4) is 0 Å². The molecule has 0 saturated carbocycles. The Balaban J connectivity index is 0.937. The van der Waals surface area contributed by atoms with Crippen LogP contribution in [0.2, 0.25) is 0 Å². The van der Waals surface area contributed by atoms with Crippen LogP contribution in [0.1, 0.15) is 102 Å². The summed E-state index contributed by atoms with van der Waals surface area (Å²) in [6.45, 7) is 11.9. The van der Waals surface area contributed by atoms with Gasteiger partial charge in [-0.05, 0) is 106 Å². The van der Waals surface area contributed by atoms with E-state index in [0.717, 1.165) is 57.4 Å². The molecule has 3 aliphatic rings. The number of unbranched alkanes of at least 4 members (excludes halogenated alkanes) is 3. The molecule has 1 fully saturated rings. The summed E-state index contributed by atoms with van der Waals surface area (Å²) in [6, 6.07) is 24.6. The maximum Gasteiger partial charge on any atom is 0.317 e. The summed E-state index contributed by atoms with van der Waals surface area (Å²) in [5.74, 6) is -6.30. The molecule has 0 aliphatic carbocycles. The van der Waals surface area contributed by atoms with Gasteiger partial charge in [0.25, 0.3) is 10.1 Å². The molecule has 0 bridgehead atoms. The highest BCUT2D eigenvalue weighted by molar-refractivity contribution is 7.94. The van der Waals surface area contributed by atoms with Gasteiger partial charge in [0.15, 0.2) is 5.71 Å². The third kappa shape index (κ3) is 24.7. The number of benzene rings is 4. The number of aliphatic carboxylic acids is 3. The van der Waals surface area contributed by atoms with Gasteiger partial charge in [0.05, 0.1) is 48.5 Å². The van der Waals surface area contributed by atoms with Crippen molar-refractivity contribution in [2.45, 2.75) is 131 Å². The standard InChI is InChI=1S/C73H97N11O17S2/c1-6-83-60-31-29-53(102-101-100-96)45-55(60)72(2,3)62(83)26-15-9-16-27-63-73(4,5)56-46-54(103(97,98)99)30-32-61(56)84(63)34-20-10-17-28-64(85)75-33-19-18-25-57(69(74)93)77-71(95)59(44-52-23-13-8-14-24-52)78-70(94)58(43-51-21-11-7-12-22-51)76-65(86)47-79-35-37-80(48-66(87)88)39-41-82(50-68(91)92)42-40-81(38-36-79)49-67(89)90/h7-9,11-16,21-24,26-27,29-32,45-46,57-59H,6,10,17-20,25,28,33-44,47-50H2,1-5H3,(H10-,74,75,76,77,78,85,86,87,88,89,90,91,92,93,94,95,96,97,98,99)/p+1/t57-,58-,59-/m0/s1. The van der Waals surface area contributed by atoms with Crippen LogP contribution in [0.4, 0.5) is 11.4 Å². The lowest BCUT2D eigenvalue weighted by Gasteiger charge is -2.33. The van der Waals surface area contributed by atoms with Crippen molar-refractivity contribution < 1.29 is 85.9 Å². The number of carboxylic acid groups (broad SMARTS) is 3. The number of hydrogen-bond donors (Lipinski definition) is 10. The lowest BCUT2D eigenvalue weighted by atomic mass is 9.81. The number of nitrogens with two attached hydrogens (primary N) is 1. The number of allylic oxidation sites excluding steroid dienone is 6. The third-order valence-electron chi connectivity index (χ3n) is 18.6. The Morgan fingerprint density at radius 1 is 0.621 bits per heavy atom. The summed E-state index contributed by atoms with van der Waals surface area (Å²) < 4.78 is 41.5. The molecule has 30 heteroatoms. The molecule has 11 N–H and O–H groups in total. The van der Waals surface area contributed by atoms with E-state index in [1.807, 2.05) is 56.4 Å². The lowest BCUT2D eigenvalue weighted by molar-refractivity contribution is -0.438. The zero-order valence-electron chi connectivity index (χ0n) is 59.0. The Labute approximate surface area is 605 Å². The van der Waals surface area contributed by atoms with Crippen LogP contribution in [-0.4, -0.2) is 227 Å². The molecule has 558 valence electrons. The molecule has 1 saturated heterocycles. The molecule has 0 unspecified atom stereocenters. The average Bonchev–Trinajstić information content (AvgIpc) is 1.60. The van der Waals surface area contributed by atoms with Crippen LogP contribution >= 0.6 is 12.0 Å². The topological polar surface area (TPSA) is 384 Å². The van der Waals surface area contributed by atoms with Gasteiger partial charge in [0, 0.05) is 131 Å². The molecule has 0 spiro atoms. The molecule has 0 radical (unpaired) electrons. The Hall–Kier alpha value is -8.69. The molecule has 4 aromatic rings. The van der Waals surface area contributed by atoms with Crippen LogP contribution in [0.15, 0.2) is 143 Å². The van der Waals surface area contributed by atoms with Crippen molar-refractivity contribution >= 4 is 86.7 Å². The first kappa shape index (κ1) is 81.6. The third-order valence-corrected chi connectivity index (χ3v) is 20.1. The fourth-order valence-electron chi connectivity index (χ4n) is 13.2. The first-order chi connectivity index (χ1) is 49.1. The van der Waals surface area contributed by atoms with Crippen LogP contribution in [0.25, 0.3) is 0 Å². The van der Waals surface area contributed by atoms with Gasteiger partial charge >= 0.3 is 17.9 Å². The fraction of sp³-hybridized carbons (Fsp3) is 0.466. The van der Waals surface area contributed by atoms with Crippen molar-refractivity contribution in [2.24, 2.45) is 5.73 Å². The van der Waals surface area contributed by atoms with Gasteiger partial charge in [0.1, 0.15) is 24.7 Å². The number of fused-ring (bicyclic) bond motifs is 2. The zero-order chi connectivity index (χ0) is 74.9. The molecule has 103 heavy (non-hydrogen) atoms. The molecule has 3 aliphatic heterocycles. The van der Waals surface area contributed by atoms with E-state index in [1.54, 1.807) is 86.3 Å². The van der Waals surface area contributed by atoms with E-state index < -0.39 is 75.2 Å². The number of carboxylic acids is 3. The normalized spacial score (nSPS) is 17.4. The number of rotatable bonds is 37. The molecule has 3 heterocycles. The number of anilines is 1. The first-order valence-electron chi connectivity index (χ1n) is 34.6. The van der Waals surface area contributed by atoms with Gasteiger partial charge < -0.3 is 47.2 Å². The second-order valence-corrected chi connectivity index (χ2v) is 29.0. The number of nitrogens with one attached hydrogen (secondary N) is 4. The Kier molecular flexibility index (Phi) is 31.1. The summed E-state index contributed by atoms with van der Waals surface area (Å²) in [6.07, 6.45) is 13.0. The van der Waals surface area contributed by atoms with Crippen molar-refractivity contribution in [1.29, 1.82) is 0 Å². The quantitative estimate of drug-likeness (QED) is 0.00521. The van der Waals surface area contributed by atoms with E-state index in [0.29, 0.717) is 49.8 Å². The van der Waals surface area contributed by atoms with Crippen molar-refractivity contribution in [3.63, 3.8) is 0 Å². The minimum Gasteiger partial charge on any atom is -0.480 e. The second kappa shape index (κ2) is 39.3. The predicted molar refractivity (Wildman–Crippen MR) is 388 cm³/mol. The van der Waals surface area contributed by atoms with Gasteiger partial charge in [0.2, 0.25) is 35.2 Å². The monoisotopic (exact) mass is 1460 g/mol. The largest absolute Gasteiger partial charge is 0.480 e. The fourth-order valence-corrected chi connectivity index (χ4v) is 14.1. The van der Waals surface area contributed by atoms with E-state index in [1.165, 1.54) is 12.1 Å². The number of nitrogens with zero attached hydrogens (tertiary/aromatic N) is 6. The van der Waals surface area contributed by atoms with Gasteiger partial charge in [-0.2, -0.15) is 13.0 Å². The van der Waals surface area contributed by atoms with Crippen molar-refractivity contribution in [1.82, 2.24) is 40.9 Å². The first-order valence-corrected chi connectivity index (χ1v) is 36.7. The van der Waals surface area contributed by atoms with E-state index in [4.69, 9.17) is 11.0 Å². The van der Waals surface area contributed by atoms with Gasteiger partial charge in [-0.3, -0.25) is 62.5 Å². The molecular weight excluding hydrogens is 1370 g/mol. The Bertz CT molecular complexity index is 3820. The average molecular weight is 1470 g/mol. The molecule has 7 rings (SSSR count). The van der Waals surface area contributed by atoms with Crippen molar-refractivity contribution in [2.75, 3.05) is 103 Å². The number of carbonyl (C=O) groups excluding carboxylic acids is 5. The van der Waals surface area contributed by atoms with Crippen LogP contribution in [-0.2, 0) is 81.5 Å². The molecule has 4 aromatic carbocycles. The number of likely N-dealkylation sites (N-methyl/N-ethyl adjacent to an activating group) is 1. The van der Waals surface area contributed by atoms with Crippen LogP contribution < -0.4 is 31.9 Å². The number of hydrogen-bond acceptors (Lipinski definition) is 19. The van der Waals surface area contributed by atoms with Crippen LogP contribution in [0, 0.1) is 0 Å². The summed E-state index contributed by atoms with van der Waals surface area (Å²) in [4.78, 5) is 114. The van der Waals surface area contributed by atoms with Gasteiger partial charge in [-0.15, -0.1) is 4.33 Å². The van der Waals surface area contributed by atoms with E-state index in [-0.39, 0.29) is 127 Å². The molecule has 3 atom stereocenters. The molecule has 5 amide bonds. The zero-order valence-corrected chi connectivity index (χ0v) is 60.7. The highest BCUT2D eigenvalue weighted by Gasteiger charge is 2.45. The van der Waals surface area contributed by atoms with E-state index in [2.05, 4.69) is 67.0 Å². The van der Waals surface area contributed by atoms with Crippen LogP contribution in [0.5, 0.6) is 0 Å². The molecule has 0 aromatic heterocycles. The minimum absolute atomic E-state index is 0.000416. The molecule has 28 nitrogen and oxygen atoms in total. The maximum atomic E-state index is 14.6. The SMILES string of the molecule is CCN1\C(=C/C=C/C=C/C2=[N+](CCCCCC(=O)NCCCC[C@H](NC(=O)[C@H](Cc3ccccc3)NC(=O)[C@H](Cc3ccccc3)NC(=O)CN3CCN(CC(=O)O)CCN(CC(=O)O)CCN(CC(=O)O)CC3)C(N)=O)c3ccc(S(=O)(=O)O)cc3C2(C)C)C(C)(C)c2cc(SOOO)ccc21. The Morgan fingerprint density at radius 3 is 1.69 bits per heavy atom. The highest BCUT2D eigenvalue weighted by atomic mass is 32.2. The number of carbonyl (C=O) groups is 8. The molecular formula is C73H98N11O17S2+. The summed E-state index contributed by atoms with van der Waals surface area (Å²) >= 11 is 0.905. The number of amides is 5. The minimum atomic E-state index is -4.49. The summed E-state index contributed by atoms with van der Waals surface area (Å²) in [5, 5.41) is 52.9. The smallest absolute Gasteiger partial charge is 0.317 e. The van der Waals surface area contributed by atoms with E-state index in [9.17, 15) is 66.6 Å². The lowest BCUT2D eigenvalue weighted by Crippen LogP contribution is -2.58. The summed E-state index contributed by atoms with van der Waals surface area (Å²) in [7, 11) is -4.49. The second-order valence-electron chi connectivity index (χ2n) is 26.9. The van der Waals surface area contributed by atoms with Gasteiger partial charge in [-0.1, -0.05) is 97.8 Å².